The van der Waals surface area contributed by atoms with Gasteiger partial charge >= 0.3 is 13.5 Å². The Labute approximate surface area is 121 Å². The summed E-state index contributed by atoms with van der Waals surface area (Å²) in [6.07, 6.45) is 6.43. The number of rotatable bonds is 8. The van der Waals surface area contributed by atoms with Crippen LogP contribution in [0.1, 0.15) is 27.7 Å². The summed E-state index contributed by atoms with van der Waals surface area (Å²) in [6, 6.07) is -0.721. The fourth-order valence-corrected chi connectivity index (χ4v) is 2.69. The Morgan fingerprint density at radius 3 is 2.40 bits per heavy atom. The summed E-state index contributed by atoms with van der Waals surface area (Å²) in [7, 11) is -3.18. The Bertz CT molecular complexity index is 440. The van der Waals surface area contributed by atoms with Crippen molar-refractivity contribution < 1.29 is 18.6 Å². The average Bonchev–Trinajstić information content (AvgIpc) is 2.32. The third kappa shape index (κ3) is 7.97. The SMILES string of the molecule is C=C/C(=C\C=C/C)OP(C)(=O)NC(C)C(=O)OC(C)C. The van der Waals surface area contributed by atoms with E-state index in [1.54, 1.807) is 32.9 Å². The van der Waals surface area contributed by atoms with Crippen LogP contribution < -0.4 is 5.09 Å². The highest BCUT2D eigenvalue weighted by Gasteiger charge is 2.25. The molecule has 0 spiro atoms. The molecule has 0 fully saturated rings. The first-order valence-corrected chi connectivity index (χ1v) is 8.49. The molecule has 0 saturated heterocycles. The Morgan fingerprint density at radius 1 is 1.35 bits per heavy atom. The normalized spacial score (nSPS) is 16.8. The molecule has 0 heterocycles. The molecule has 0 rings (SSSR count). The van der Waals surface area contributed by atoms with Gasteiger partial charge in [0.15, 0.2) is 0 Å². The third-order valence-electron chi connectivity index (χ3n) is 2.07. The van der Waals surface area contributed by atoms with Crippen molar-refractivity contribution >= 4 is 13.5 Å². The molecule has 114 valence electrons. The first kappa shape index (κ1) is 18.7. The summed E-state index contributed by atoms with van der Waals surface area (Å²) in [5.41, 5.74) is 0. The maximum absolute atomic E-state index is 12.3. The van der Waals surface area contributed by atoms with E-state index in [2.05, 4.69) is 11.7 Å². The monoisotopic (exact) mass is 301 g/mol. The van der Waals surface area contributed by atoms with Crippen molar-refractivity contribution in [2.75, 3.05) is 6.66 Å². The number of carbonyl (C=O) groups is 1. The zero-order valence-corrected chi connectivity index (χ0v) is 13.6. The number of esters is 1. The average molecular weight is 301 g/mol. The summed E-state index contributed by atoms with van der Waals surface area (Å²) in [6.45, 7) is 11.9. The Hall–Kier alpha value is -1.32. The van der Waals surface area contributed by atoms with Crippen LogP contribution >= 0.6 is 7.52 Å². The molecule has 5 nitrogen and oxygen atoms in total. The third-order valence-corrected chi connectivity index (χ3v) is 3.48. The highest BCUT2D eigenvalue weighted by molar-refractivity contribution is 7.56. The Kier molecular flexibility index (Phi) is 8.19. The van der Waals surface area contributed by atoms with Crippen molar-refractivity contribution in [3.05, 3.63) is 36.6 Å². The largest absolute Gasteiger partial charge is 0.462 e. The molecule has 0 aromatic rings. The Morgan fingerprint density at radius 2 is 1.95 bits per heavy atom. The number of hydrogen-bond acceptors (Lipinski definition) is 4. The molecule has 0 aliphatic carbocycles. The Balaban J connectivity index is 4.69. The number of ether oxygens (including phenoxy) is 1. The lowest BCUT2D eigenvalue weighted by Crippen LogP contribution is -2.34. The van der Waals surface area contributed by atoms with Gasteiger partial charge in [-0.15, -0.1) is 0 Å². The van der Waals surface area contributed by atoms with Crippen LogP contribution in [-0.2, 0) is 18.6 Å². The molecule has 0 aromatic carbocycles. The van der Waals surface area contributed by atoms with E-state index in [1.165, 1.54) is 12.7 Å². The van der Waals surface area contributed by atoms with Gasteiger partial charge in [-0.3, -0.25) is 9.36 Å². The van der Waals surface area contributed by atoms with Gasteiger partial charge in [0.05, 0.1) is 6.10 Å². The van der Waals surface area contributed by atoms with Crippen molar-refractivity contribution in [2.45, 2.75) is 39.8 Å². The van der Waals surface area contributed by atoms with Gasteiger partial charge in [0.25, 0.3) is 0 Å². The maximum Gasteiger partial charge on any atom is 0.323 e. The molecule has 0 aliphatic heterocycles. The van der Waals surface area contributed by atoms with Gasteiger partial charge < -0.3 is 9.26 Å². The van der Waals surface area contributed by atoms with Crippen molar-refractivity contribution in [3.8, 4) is 0 Å². The van der Waals surface area contributed by atoms with Gasteiger partial charge in [-0.2, -0.15) is 0 Å². The van der Waals surface area contributed by atoms with Gasteiger partial charge in [0.2, 0.25) is 0 Å². The molecule has 2 atom stereocenters. The van der Waals surface area contributed by atoms with E-state index < -0.39 is 19.5 Å². The predicted octanol–water partition coefficient (Wildman–Crippen LogP) is 3.40. The lowest BCUT2D eigenvalue weighted by atomic mass is 10.4. The molecule has 2 unspecified atom stereocenters. The zero-order valence-electron chi connectivity index (χ0n) is 12.8. The van der Waals surface area contributed by atoms with Gasteiger partial charge in [-0.1, -0.05) is 18.7 Å². The first-order chi connectivity index (χ1) is 9.21. The fourth-order valence-electron chi connectivity index (χ4n) is 1.29. The van der Waals surface area contributed by atoms with Crippen molar-refractivity contribution in [1.29, 1.82) is 0 Å². The molecule has 1 N–H and O–H groups in total. The van der Waals surface area contributed by atoms with Crippen molar-refractivity contribution in [2.24, 2.45) is 0 Å². The van der Waals surface area contributed by atoms with Gasteiger partial charge in [0.1, 0.15) is 11.8 Å². The van der Waals surface area contributed by atoms with Crippen LogP contribution in [0.25, 0.3) is 0 Å². The predicted molar refractivity (Wildman–Crippen MR) is 81.5 cm³/mol. The van der Waals surface area contributed by atoms with Crippen LogP contribution in [0.2, 0.25) is 0 Å². The molecular weight excluding hydrogens is 277 g/mol. The van der Waals surface area contributed by atoms with E-state index >= 15 is 0 Å². The minimum absolute atomic E-state index is 0.220. The molecule has 6 heteroatoms. The number of hydrogen-bond donors (Lipinski definition) is 1. The summed E-state index contributed by atoms with van der Waals surface area (Å²) in [5, 5.41) is 2.65. The van der Waals surface area contributed by atoms with Crippen LogP contribution in [0.5, 0.6) is 0 Å². The van der Waals surface area contributed by atoms with E-state index in [0.717, 1.165) is 0 Å². The summed E-state index contributed by atoms with van der Waals surface area (Å²) < 4.78 is 22.7. The highest BCUT2D eigenvalue weighted by atomic mass is 31.2. The highest BCUT2D eigenvalue weighted by Crippen LogP contribution is 2.41. The van der Waals surface area contributed by atoms with E-state index in [4.69, 9.17) is 9.26 Å². The van der Waals surface area contributed by atoms with Crippen LogP contribution in [0.4, 0.5) is 0 Å². The minimum atomic E-state index is -3.18. The molecule has 0 amide bonds. The quantitative estimate of drug-likeness (QED) is 0.322. The lowest BCUT2D eigenvalue weighted by Gasteiger charge is -2.21. The van der Waals surface area contributed by atoms with Crippen LogP contribution in [-0.4, -0.2) is 24.8 Å². The smallest absolute Gasteiger partial charge is 0.323 e. The summed E-state index contributed by atoms with van der Waals surface area (Å²) >= 11 is 0. The van der Waals surface area contributed by atoms with Crippen molar-refractivity contribution in [1.82, 2.24) is 5.09 Å². The van der Waals surface area contributed by atoms with E-state index in [9.17, 15) is 9.36 Å². The number of carbonyl (C=O) groups excluding carboxylic acids is 1. The van der Waals surface area contributed by atoms with E-state index in [-0.39, 0.29) is 6.10 Å². The van der Waals surface area contributed by atoms with Crippen LogP contribution in [0.3, 0.4) is 0 Å². The van der Waals surface area contributed by atoms with Gasteiger partial charge in [0, 0.05) is 6.66 Å². The van der Waals surface area contributed by atoms with Gasteiger partial charge in [-0.25, -0.2) is 5.09 Å². The zero-order chi connectivity index (χ0) is 15.8. The second-order valence-corrected chi connectivity index (χ2v) is 6.71. The molecule has 0 aromatic heterocycles. The number of nitrogens with one attached hydrogen (secondary N) is 1. The fraction of sp³-hybridized carbons (Fsp3) is 0.500. The van der Waals surface area contributed by atoms with Gasteiger partial charge in [-0.05, 0) is 39.8 Å². The van der Waals surface area contributed by atoms with E-state index in [1.807, 2.05) is 13.0 Å². The molecule has 0 radical (unpaired) electrons. The molecular formula is C14H24NO4P. The lowest BCUT2D eigenvalue weighted by molar-refractivity contribution is -0.149. The topological polar surface area (TPSA) is 64.6 Å². The van der Waals surface area contributed by atoms with Crippen LogP contribution in [0.15, 0.2) is 36.6 Å². The second-order valence-electron chi connectivity index (χ2n) is 4.57. The standard InChI is InChI=1S/C14H24NO4P/c1-7-9-10-13(8-2)19-20(6,17)15-12(5)14(16)18-11(3)4/h7-12H,2H2,1,3-6H3,(H,15,17)/b9-7-,13-10+. The first-order valence-electron chi connectivity index (χ1n) is 6.42. The molecule has 20 heavy (non-hydrogen) atoms. The minimum Gasteiger partial charge on any atom is -0.462 e. The number of allylic oxidation sites excluding steroid dienone is 4. The van der Waals surface area contributed by atoms with E-state index in [0.29, 0.717) is 5.76 Å². The molecule has 0 bridgehead atoms. The van der Waals surface area contributed by atoms with Crippen molar-refractivity contribution in [3.63, 3.8) is 0 Å². The molecule has 0 aliphatic rings. The maximum atomic E-state index is 12.3. The second kappa shape index (κ2) is 8.77. The summed E-state index contributed by atoms with van der Waals surface area (Å²) in [5.74, 6) is -0.103. The van der Waals surface area contributed by atoms with Crippen LogP contribution in [0, 0.1) is 0 Å². The molecule has 0 saturated carbocycles. The summed E-state index contributed by atoms with van der Waals surface area (Å²) in [4.78, 5) is 11.7.